The Labute approximate surface area is 218 Å². The lowest BCUT2D eigenvalue weighted by molar-refractivity contribution is -0.113. The number of hydrogen-bond donors (Lipinski definition) is 0. The fraction of sp³-hybridized carbons (Fsp3) is 0.194. The molecule has 1 aliphatic heterocycles. The van der Waals surface area contributed by atoms with Gasteiger partial charge in [0, 0.05) is 42.6 Å². The molecular formula is C31H30ClN3O. The van der Waals surface area contributed by atoms with Gasteiger partial charge in [-0.3, -0.25) is 14.6 Å². The lowest BCUT2D eigenvalue weighted by Gasteiger charge is -2.44. The number of piperazine rings is 1. The van der Waals surface area contributed by atoms with Gasteiger partial charge in [-0.1, -0.05) is 90.5 Å². The Bertz CT molecular complexity index is 1210. The van der Waals surface area contributed by atoms with E-state index in [1.807, 2.05) is 54.6 Å². The monoisotopic (exact) mass is 495 g/mol. The van der Waals surface area contributed by atoms with E-state index in [1.165, 1.54) is 11.1 Å². The molecule has 1 saturated heterocycles. The number of rotatable bonds is 8. The molecule has 4 aromatic rings. The van der Waals surface area contributed by atoms with Crippen molar-refractivity contribution in [1.29, 1.82) is 0 Å². The number of hydrogen-bond acceptors (Lipinski definition) is 4. The average Bonchev–Trinajstić information content (AvgIpc) is 2.94. The van der Waals surface area contributed by atoms with E-state index in [4.69, 9.17) is 11.6 Å². The summed E-state index contributed by atoms with van der Waals surface area (Å²) >= 11 is 6.38. The zero-order valence-electron chi connectivity index (χ0n) is 20.2. The highest BCUT2D eigenvalue weighted by Crippen LogP contribution is 2.33. The van der Waals surface area contributed by atoms with Gasteiger partial charge in [-0.05, 0) is 47.5 Å². The maximum Gasteiger partial charge on any atom is 0.157 e. The van der Waals surface area contributed by atoms with E-state index in [-0.39, 0.29) is 6.04 Å². The molecular weight excluding hydrogens is 466 g/mol. The molecule has 2 unspecified atom stereocenters. The maximum atomic E-state index is 12.6. The number of nitrogens with zero attached hydrogens (tertiary/aromatic N) is 3. The molecule has 0 radical (unpaired) electrons. The van der Waals surface area contributed by atoms with Gasteiger partial charge in [0.15, 0.2) is 6.29 Å². The predicted molar refractivity (Wildman–Crippen MR) is 148 cm³/mol. The van der Waals surface area contributed by atoms with Crippen LogP contribution >= 0.6 is 11.6 Å². The summed E-state index contributed by atoms with van der Waals surface area (Å²) in [5.74, 6) is 0. The number of aldehydes is 1. The minimum Gasteiger partial charge on any atom is -0.318 e. The van der Waals surface area contributed by atoms with E-state index in [2.05, 4.69) is 75.4 Å². The van der Waals surface area contributed by atoms with Gasteiger partial charge in [-0.15, -0.1) is 0 Å². The van der Waals surface area contributed by atoms with Crippen molar-refractivity contribution in [2.24, 2.45) is 0 Å². The number of para-hydroxylation sites is 2. The molecule has 36 heavy (non-hydrogen) atoms. The van der Waals surface area contributed by atoms with Gasteiger partial charge in [-0.2, -0.15) is 0 Å². The molecule has 0 bridgehead atoms. The Kier molecular flexibility index (Phi) is 7.77. The van der Waals surface area contributed by atoms with Crippen LogP contribution in [0.2, 0.25) is 5.02 Å². The molecule has 0 aromatic heterocycles. The molecule has 0 spiro atoms. The highest BCUT2D eigenvalue weighted by atomic mass is 35.5. The molecule has 1 fully saturated rings. The summed E-state index contributed by atoms with van der Waals surface area (Å²) < 4.78 is 0. The van der Waals surface area contributed by atoms with Crippen molar-refractivity contribution in [2.45, 2.75) is 12.2 Å². The molecule has 1 aliphatic rings. The largest absolute Gasteiger partial charge is 0.318 e. The third-order valence-corrected chi connectivity index (χ3v) is 7.06. The zero-order chi connectivity index (χ0) is 24.7. The zero-order valence-corrected chi connectivity index (χ0v) is 20.9. The highest BCUT2D eigenvalue weighted by molar-refractivity contribution is 6.30. The van der Waals surface area contributed by atoms with Gasteiger partial charge >= 0.3 is 0 Å². The first-order valence-corrected chi connectivity index (χ1v) is 12.8. The van der Waals surface area contributed by atoms with Crippen LogP contribution in [-0.2, 0) is 4.79 Å². The molecule has 5 rings (SSSR count). The van der Waals surface area contributed by atoms with Crippen LogP contribution in [0, 0.1) is 0 Å². The normalized spacial score (nSPS) is 16.2. The van der Waals surface area contributed by atoms with Crippen molar-refractivity contribution in [3.8, 4) is 0 Å². The smallest absolute Gasteiger partial charge is 0.157 e. The number of anilines is 2. The Balaban J connectivity index is 1.40. The summed E-state index contributed by atoms with van der Waals surface area (Å²) in [6, 6.07) is 39.1. The number of benzene rings is 4. The first kappa shape index (κ1) is 24.3. The molecule has 4 aromatic carbocycles. The van der Waals surface area contributed by atoms with E-state index in [0.717, 1.165) is 48.9 Å². The Hall–Kier alpha value is -3.44. The summed E-state index contributed by atoms with van der Waals surface area (Å²) in [4.78, 5) is 19.5. The van der Waals surface area contributed by atoms with Gasteiger partial charge < -0.3 is 4.90 Å². The van der Waals surface area contributed by atoms with Crippen LogP contribution in [0.5, 0.6) is 0 Å². The molecule has 0 N–H and O–H groups in total. The standard InChI is InChI=1S/C31H30ClN3O/c32-27-14-10-13-26(23-27)31(25-11-4-1-5-12-25)34-21-19-33(20-22-34)30(24-36)35(28-15-6-2-7-16-28)29-17-8-3-9-18-29/h1-18,23-24,30-31H,19-22H2. The van der Waals surface area contributed by atoms with Gasteiger partial charge in [0.2, 0.25) is 0 Å². The van der Waals surface area contributed by atoms with Gasteiger partial charge in [0.25, 0.3) is 0 Å². The Morgan fingerprint density at radius 3 is 1.67 bits per heavy atom. The van der Waals surface area contributed by atoms with Crippen molar-refractivity contribution < 1.29 is 4.79 Å². The molecule has 5 heteroatoms. The van der Waals surface area contributed by atoms with Crippen molar-refractivity contribution in [1.82, 2.24) is 9.80 Å². The quantitative estimate of drug-likeness (QED) is 0.264. The second-order valence-corrected chi connectivity index (χ2v) is 9.47. The van der Waals surface area contributed by atoms with Crippen LogP contribution < -0.4 is 4.90 Å². The van der Waals surface area contributed by atoms with Crippen LogP contribution in [0.15, 0.2) is 115 Å². The minimum absolute atomic E-state index is 0.112. The molecule has 1 heterocycles. The van der Waals surface area contributed by atoms with Crippen molar-refractivity contribution in [2.75, 3.05) is 31.1 Å². The molecule has 182 valence electrons. The van der Waals surface area contributed by atoms with E-state index in [9.17, 15) is 4.79 Å². The molecule has 2 atom stereocenters. The lowest BCUT2D eigenvalue weighted by atomic mass is 9.96. The van der Waals surface area contributed by atoms with E-state index in [1.54, 1.807) is 0 Å². The maximum absolute atomic E-state index is 12.6. The molecule has 4 nitrogen and oxygen atoms in total. The van der Waals surface area contributed by atoms with Gasteiger partial charge in [0.1, 0.15) is 6.17 Å². The summed E-state index contributed by atoms with van der Waals surface area (Å²) in [6.45, 7) is 3.24. The molecule has 0 amide bonds. The van der Waals surface area contributed by atoms with Crippen LogP contribution in [0.25, 0.3) is 0 Å². The summed E-state index contributed by atoms with van der Waals surface area (Å²) in [5, 5.41) is 0.745. The highest BCUT2D eigenvalue weighted by Gasteiger charge is 2.32. The summed E-state index contributed by atoms with van der Waals surface area (Å²) in [5.41, 5.74) is 4.44. The average molecular weight is 496 g/mol. The van der Waals surface area contributed by atoms with Crippen molar-refractivity contribution >= 4 is 29.3 Å². The first-order chi connectivity index (χ1) is 17.7. The van der Waals surface area contributed by atoms with Crippen LogP contribution in [0.4, 0.5) is 11.4 Å². The van der Waals surface area contributed by atoms with Crippen LogP contribution in [-0.4, -0.2) is 48.4 Å². The second kappa shape index (κ2) is 11.5. The minimum atomic E-state index is -0.390. The SMILES string of the molecule is O=CC(N1CCN(C(c2ccccc2)c2cccc(Cl)c2)CC1)N(c1ccccc1)c1ccccc1. The molecule has 0 aliphatic carbocycles. The van der Waals surface area contributed by atoms with E-state index in [0.29, 0.717) is 0 Å². The van der Waals surface area contributed by atoms with Crippen molar-refractivity contribution in [3.05, 3.63) is 131 Å². The van der Waals surface area contributed by atoms with Gasteiger partial charge in [0.05, 0.1) is 6.04 Å². The van der Waals surface area contributed by atoms with Gasteiger partial charge in [-0.25, -0.2) is 0 Å². The second-order valence-electron chi connectivity index (χ2n) is 9.03. The fourth-order valence-corrected chi connectivity index (χ4v) is 5.33. The Morgan fingerprint density at radius 2 is 1.14 bits per heavy atom. The fourth-order valence-electron chi connectivity index (χ4n) is 5.13. The predicted octanol–water partition coefficient (Wildman–Crippen LogP) is 6.41. The van der Waals surface area contributed by atoms with E-state index >= 15 is 0 Å². The van der Waals surface area contributed by atoms with Crippen LogP contribution in [0.1, 0.15) is 17.2 Å². The van der Waals surface area contributed by atoms with Crippen LogP contribution in [0.3, 0.4) is 0 Å². The van der Waals surface area contributed by atoms with Crippen molar-refractivity contribution in [3.63, 3.8) is 0 Å². The third kappa shape index (κ3) is 5.36. The number of carbonyl (C=O) groups is 1. The lowest BCUT2D eigenvalue weighted by Crippen LogP contribution is -2.56. The Morgan fingerprint density at radius 1 is 0.639 bits per heavy atom. The summed E-state index contributed by atoms with van der Waals surface area (Å²) in [6.07, 6.45) is 0.680. The van der Waals surface area contributed by atoms with E-state index < -0.39 is 6.17 Å². The third-order valence-electron chi connectivity index (χ3n) is 6.82. The molecule has 0 saturated carbocycles. The topological polar surface area (TPSA) is 26.8 Å². The first-order valence-electron chi connectivity index (χ1n) is 12.4. The number of carbonyl (C=O) groups excluding carboxylic acids is 1. The summed E-state index contributed by atoms with van der Waals surface area (Å²) in [7, 11) is 0. The number of halogens is 1.